The molecule has 0 bridgehead atoms. The van der Waals surface area contributed by atoms with Crippen LogP contribution < -0.4 is 5.32 Å². The summed E-state index contributed by atoms with van der Waals surface area (Å²) >= 11 is 5.94. The molecule has 0 aliphatic rings. The van der Waals surface area contributed by atoms with Crippen LogP contribution in [0.3, 0.4) is 0 Å². The second-order valence-electron chi connectivity index (χ2n) is 4.44. The predicted molar refractivity (Wildman–Crippen MR) is 75.7 cm³/mol. The largest absolute Gasteiger partial charge is 0.307 e. The van der Waals surface area contributed by atoms with Crippen molar-refractivity contribution in [2.45, 2.75) is 26.9 Å². The fourth-order valence-electron chi connectivity index (χ4n) is 1.88. The molecule has 1 aromatic carbocycles. The van der Waals surface area contributed by atoms with E-state index in [9.17, 15) is 0 Å². The molecule has 0 atom stereocenters. The van der Waals surface area contributed by atoms with Gasteiger partial charge in [-0.25, -0.2) is 0 Å². The van der Waals surface area contributed by atoms with Crippen molar-refractivity contribution in [3.63, 3.8) is 0 Å². The summed E-state index contributed by atoms with van der Waals surface area (Å²) in [7, 11) is 0. The minimum absolute atomic E-state index is 0.786. The molecule has 18 heavy (non-hydrogen) atoms. The van der Waals surface area contributed by atoms with Gasteiger partial charge in [0.2, 0.25) is 0 Å². The molecule has 2 rings (SSSR count). The molecule has 0 aliphatic heterocycles. The summed E-state index contributed by atoms with van der Waals surface area (Å²) in [5.74, 6) is 0. The SMILES string of the molecule is Cc1cc(Cl)ccc1CNCc1ncccc1C. The first-order valence-corrected chi connectivity index (χ1v) is 6.41. The molecule has 1 aromatic heterocycles. The Morgan fingerprint density at radius 1 is 1.11 bits per heavy atom. The number of nitrogens with one attached hydrogen (secondary N) is 1. The minimum Gasteiger partial charge on any atom is -0.307 e. The lowest BCUT2D eigenvalue weighted by Crippen LogP contribution is -2.15. The van der Waals surface area contributed by atoms with Crippen LogP contribution in [0, 0.1) is 13.8 Å². The van der Waals surface area contributed by atoms with Crippen LogP contribution in [0.4, 0.5) is 0 Å². The van der Waals surface area contributed by atoms with Crippen LogP contribution in [0.1, 0.15) is 22.4 Å². The van der Waals surface area contributed by atoms with E-state index in [1.807, 2.05) is 24.4 Å². The zero-order valence-corrected chi connectivity index (χ0v) is 11.5. The summed E-state index contributed by atoms with van der Waals surface area (Å²) in [6.07, 6.45) is 1.83. The minimum atomic E-state index is 0.786. The number of hydrogen-bond donors (Lipinski definition) is 1. The first-order chi connectivity index (χ1) is 8.66. The van der Waals surface area contributed by atoms with Gasteiger partial charge < -0.3 is 5.32 Å². The Hall–Kier alpha value is -1.38. The van der Waals surface area contributed by atoms with Gasteiger partial charge in [-0.3, -0.25) is 4.98 Å². The third-order valence-electron chi connectivity index (χ3n) is 3.03. The Kier molecular flexibility index (Phi) is 4.34. The fraction of sp³-hybridized carbons (Fsp3) is 0.267. The second-order valence-corrected chi connectivity index (χ2v) is 4.88. The maximum atomic E-state index is 5.94. The number of pyridine rings is 1. The topological polar surface area (TPSA) is 24.9 Å². The summed E-state index contributed by atoms with van der Waals surface area (Å²) in [4.78, 5) is 4.36. The zero-order valence-electron chi connectivity index (χ0n) is 10.7. The number of aryl methyl sites for hydroxylation is 2. The van der Waals surface area contributed by atoms with Gasteiger partial charge in [-0.1, -0.05) is 23.7 Å². The Labute approximate surface area is 113 Å². The molecule has 0 unspecified atom stereocenters. The number of halogens is 1. The summed E-state index contributed by atoms with van der Waals surface area (Å²) < 4.78 is 0. The molecule has 0 amide bonds. The first kappa shape index (κ1) is 13.1. The normalized spacial score (nSPS) is 10.6. The molecule has 0 fully saturated rings. The average Bonchev–Trinajstić information content (AvgIpc) is 2.34. The molecular weight excluding hydrogens is 244 g/mol. The van der Waals surface area contributed by atoms with Crippen molar-refractivity contribution in [2.75, 3.05) is 0 Å². The highest BCUT2D eigenvalue weighted by Gasteiger charge is 2.01. The van der Waals surface area contributed by atoms with E-state index in [2.05, 4.69) is 36.3 Å². The van der Waals surface area contributed by atoms with Crippen molar-refractivity contribution in [3.8, 4) is 0 Å². The number of nitrogens with zero attached hydrogens (tertiary/aromatic N) is 1. The van der Waals surface area contributed by atoms with Crippen LogP contribution in [0.5, 0.6) is 0 Å². The van der Waals surface area contributed by atoms with Crippen molar-refractivity contribution in [2.24, 2.45) is 0 Å². The third-order valence-corrected chi connectivity index (χ3v) is 3.27. The van der Waals surface area contributed by atoms with E-state index in [-0.39, 0.29) is 0 Å². The lowest BCUT2D eigenvalue weighted by atomic mass is 10.1. The van der Waals surface area contributed by atoms with Gasteiger partial charge in [-0.15, -0.1) is 0 Å². The van der Waals surface area contributed by atoms with Crippen LogP contribution in [0.2, 0.25) is 5.02 Å². The Balaban J connectivity index is 1.95. The molecular formula is C15H17ClN2. The van der Waals surface area contributed by atoms with E-state index in [1.54, 1.807) is 0 Å². The van der Waals surface area contributed by atoms with Gasteiger partial charge >= 0.3 is 0 Å². The van der Waals surface area contributed by atoms with E-state index in [0.29, 0.717) is 0 Å². The van der Waals surface area contributed by atoms with Crippen LogP contribution >= 0.6 is 11.6 Å². The molecule has 1 N–H and O–H groups in total. The van der Waals surface area contributed by atoms with Crippen LogP contribution in [0.25, 0.3) is 0 Å². The smallest absolute Gasteiger partial charge is 0.0570 e. The number of benzene rings is 1. The van der Waals surface area contributed by atoms with Gasteiger partial charge in [0.1, 0.15) is 0 Å². The van der Waals surface area contributed by atoms with Crippen LogP contribution in [-0.4, -0.2) is 4.98 Å². The number of aromatic nitrogens is 1. The molecule has 0 saturated heterocycles. The molecule has 0 radical (unpaired) electrons. The van der Waals surface area contributed by atoms with Crippen molar-refractivity contribution >= 4 is 11.6 Å². The van der Waals surface area contributed by atoms with Gasteiger partial charge in [0.05, 0.1) is 5.69 Å². The molecule has 0 saturated carbocycles. The molecule has 1 heterocycles. The molecule has 94 valence electrons. The molecule has 0 aliphatic carbocycles. The highest BCUT2D eigenvalue weighted by atomic mass is 35.5. The zero-order chi connectivity index (χ0) is 13.0. The third kappa shape index (κ3) is 3.31. The maximum absolute atomic E-state index is 5.94. The van der Waals surface area contributed by atoms with Gasteiger partial charge in [0, 0.05) is 24.3 Å². The van der Waals surface area contributed by atoms with Gasteiger partial charge in [0.25, 0.3) is 0 Å². The van der Waals surface area contributed by atoms with Gasteiger partial charge in [-0.2, -0.15) is 0 Å². The van der Waals surface area contributed by atoms with Crippen molar-refractivity contribution in [1.82, 2.24) is 10.3 Å². The quantitative estimate of drug-likeness (QED) is 0.908. The summed E-state index contributed by atoms with van der Waals surface area (Å²) in [5.41, 5.74) is 4.81. The van der Waals surface area contributed by atoms with Crippen molar-refractivity contribution in [1.29, 1.82) is 0 Å². The summed E-state index contributed by atoms with van der Waals surface area (Å²) in [5, 5.41) is 4.20. The Morgan fingerprint density at radius 2 is 1.94 bits per heavy atom. The van der Waals surface area contributed by atoms with Crippen LogP contribution in [-0.2, 0) is 13.1 Å². The molecule has 2 nitrogen and oxygen atoms in total. The Bertz CT molecular complexity index is 538. The molecule has 0 spiro atoms. The Morgan fingerprint density at radius 3 is 2.67 bits per heavy atom. The van der Waals surface area contributed by atoms with Crippen molar-refractivity contribution in [3.05, 3.63) is 63.9 Å². The molecule has 3 heteroatoms. The van der Waals surface area contributed by atoms with Gasteiger partial charge in [0.15, 0.2) is 0 Å². The maximum Gasteiger partial charge on any atom is 0.0570 e. The lowest BCUT2D eigenvalue weighted by Gasteiger charge is -2.09. The van der Waals surface area contributed by atoms with Gasteiger partial charge in [-0.05, 0) is 48.7 Å². The van der Waals surface area contributed by atoms with E-state index in [1.165, 1.54) is 16.7 Å². The monoisotopic (exact) mass is 260 g/mol. The van der Waals surface area contributed by atoms with E-state index in [0.717, 1.165) is 23.8 Å². The number of hydrogen-bond acceptors (Lipinski definition) is 2. The number of rotatable bonds is 4. The predicted octanol–water partition coefficient (Wildman–Crippen LogP) is 3.64. The lowest BCUT2D eigenvalue weighted by molar-refractivity contribution is 0.674. The van der Waals surface area contributed by atoms with E-state index >= 15 is 0 Å². The summed E-state index contributed by atoms with van der Waals surface area (Å²) in [6, 6.07) is 10.0. The molecule has 2 aromatic rings. The van der Waals surface area contributed by atoms with E-state index < -0.39 is 0 Å². The first-order valence-electron chi connectivity index (χ1n) is 6.03. The van der Waals surface area contributed by atoms with E-state index in [4.69, 9.17) is 11.6 Å². The second kappa shape index (κ2) is 5.98. The van der Waals surface area contributed by atoms with Crippen LogP contribution in [0.15, 0.2) is 36.5 Å². The fourth-order valence-corrected chi connectivity index (χ4v) is 2.10. The average molecular weight is 261 g/mol. The summed E-state index contributed by atoms with van der Waals surface area (Å²) in [6.45, 7) is 5.78. The highest BCUT2D eigenvalue weighted by molar-refractivity contribution is 6.30. The van der Waals surface area contributed by atoms with Crippen molar-refractivity contribution < 1.29 is 0 Å². The standard InChI is InChI=1S/C15H17ClN2/c1-11-4-3-7-18-15(11)10-17-9-13-5-6-14(16)8-12(13)2/h3-8,17H,9-10H2,1-2H3. The highest BCUT2D eigenvalue weighted by Crippen LogP contribution is 2.15.